The quantitative estimate of drug-likeness (QED) is 0.652. The molecule has 0 aliphatic rings. The normalized spacial score (nSPS) is 12.1. The average molecular weight is 333 g/mol. The van der Waals surface area contributed by atoms with Gasteiger partial charge in [-0.05, 0) is 42.1 Å². The van der Waals surface area contributed by atoms with Gasteiger partial charge in [-0.3, -0.25) is 4.79 Å². The second kappa shape index (κ2) is 8.24. The van der Waals surface area contributed by atoms with Crippen molar-refractivity contribution >= 4 is 29.3 Å². The van der Waals surface area contributed by atoms with E-state index >= 15 is 0 Å². The van der Waals surface area contributed by atoms with Crippen LogP contribution in [0, 0.1) is 5.82 Å². The van der Waals surface area contributed by atoms with Gasteiger partial charge in [-0.2, -0.15) is 0 Å². The Balaban J connectivity index is 1.75. The summed E-state index contributed by atoms with van der Waals surface area (Å²) in [6.45, 7) is 1.52. The van der Waals surface area contributed by atoms with Gasteiger partial charge in [0.1, 0.15) is 5.82 Å². The van der Waals surface area contributed by atoms with Crippen LogP contribution in [-0.2, 0) is 14.3 Å². The zero-order valence-electron chi connectivity index (χ0n) is 12.5. The van der Waals surface area contributed by atoms with Gasteiger partial charge in [0.2, 0.25) is 0 Å². The van der Waals surface area contributed by atoms with Crippen LogP contribution in [0.4, 0.5) is 4.39 Å². The molecule has 1 heterocycles. The molecule has 0 unspecified atom stereocenters. The molecule has 1 aromatic heterocycles. The number of amides is 1. The summed E-state index contributed by atoms with van der Waals surface area (Å²) in [5.74, 6) is -1.34. The fourth-order valence-corrected chi connectivity index (χ4v) is 2.55. The molecule has 1 amide bonds. The van der Waals surface area contributed by atoms with Crippen LogP contribution in [0.3, 0.4) is 0 Å². The fraction of sp³-hybridized carbons (Fsp3) is 0.176. The molecule has 0 spiro atoms. The summed E-state index contributed by atoms with van der Waals surface area (Å²) in [5.41, 5.74) is 0.666. The molecule has 120 valence electrons. The number of carbonyl (C=O) groups excluding carboxylic acids is 2. The SMILES string of the molecule is C[C@H](NC(=O)COC(=O)/C=C/c1ccc(F)cc1)c1cccs1. The molecule has 23 heavy (non-hydrogen) atoms. The van der Waals surface area contributed by atoms with Gasteiger partial charge in [-0.15, -0.1) is 11.3 Å². The van der Waals surface area contributed by atoms with Crippen molar-refractivity contribution in [2.24, 2.45) is 0 Å². The highest BCUT2D eigenvalue weighted by atomic mass is 32.1. The Labute approximate surface area is 137 Å². The number of carbonyl (C=O) groups is 2. The Morgan fingerprint density at radius 2 is 2.04 bits per heavy atom. The van der Waals surface area contributed by atoms with E-state index in [2.05, 4.69) is 5.32 Å². The molecule has 0 saturated carbocycles. The Morgan fingerprint density at radius 3 is 2.70 bits per heavy atom. The van der Waals surface area contributed by atoms with Crippen LogP contribution in [0.2, 0.25) is 0 Å². The summed E-state index contributed by atoms with van der Waals surface area (Å²) in [7, 11) is 0. The van der Waals surface area contributed by atoms with E-state index in [9.17, 15) is 14.0 Å². The van der Waals surface area contributed by atoms with Gasteiger partial charge in [0.05, 0.1) is 6.04 Å². The van der Waals surface area contributed by atoms with E-state index < -0.39 is 5.97 Å². The monoisotopic (exact) mass is 333 g/mol. The average Bonchev–Trinajstić information content (AvgIpc) is 3.07. The highest BCUT2D eigenvalue weighted by molar-refractivity contribution is 7.10. The minimum absolute atomic E-state index is 0.129. The zero-order valence-corrected chi connectivity index (χ0v) is 13.3. The number of esters is 1. The van der Waals surface area contributed by atoms with Crippen molar-refractivity contribution in [1.82, 2.24) is 5.32 Å². The number of ether oxygens (including phenoxy) is 1. The first kappa shape index (κ1) is 16.9. The molecule has 2 aromatic rings. The smallest absolute Gasteiger partial charge is 0.331 e. The number of rotatable bonds is 6. The maximum absolute atomic E-state index is 12.7. The molecule has 0 radical (unpaired) electrons. The Hall–Kier alpha value is -2.47. The molecule has 4 nitrogen and oxygen atoms in total. The summed E-state index contributed by atoms with van der Waals surface area (Å²) in [6.07, 6.45) is 2.69. The van der Waals surface area contributed by atoms with Gasteiger partial charge in [-0.1, -0.05) is 18.2 Å². The molecule has 0 fully saturated rings. The first-order valence-corrected chi connectivity index (χ1v) is 7.86. The predicted molar refractivity (Wildman–Crippen MR) is 87.3 cm³/mol. The number of benzene rings is 1. The van der Waals surface area contributed by atoms with E-state index in [1.165, 1.54) is 36.4 Å². The molecule has 1 N–H and O–H groups in total. The van der Waals surface area contributed by atoms with E-state index in [-0.39, 0.29) is 24.4 Å². The fourth-order valence-electron chi connectivity index (χ4n) is 1.81. The lowest BCUT2D eigenvalue weighted by Gasteiger charge is -2.11. The van der Waals surface area contributed by atoms with Gasteiger partial charge >= 0.3 is 5.97 Å². The lowest BCUT2D eigenvalue weighted by molar-refractivity contribution is -0.144. The minimum Gasteiger partial charge on any atom is -0.452 e. The van der Waals surface area contributed by atoms with Crippen LogP contribution in [0.1, 0.15) is 23.4 Å². The topological polar surface area (TPSA) is 55.4 Å². The summed E-state index contributed by atoms with van der Waals surface area (Å²) in [4.78, 5) is 24.3. The third-order valence-electron chi connectivity index (χ3n) is 2.97. The molecule has 0 bridgehead atoms. The Bertz CT molecular complexity index is 680. The van der Waals surface area contributed by atoms with Crippen LogP contribution < -0.4 is 5.32 Å². The molecular formula is C17H16FNO3S. The van der Waals surface area contributed by atoms with E-state index in [1.54, 1.807) is 11.3 Å². The maximum atomic E-state index is 12.7. The minimum atomic E-state index is -0.631. The number of nitrogens with one attached hydrogen (secondary N) is 1. The van der Waals surface area contributed by atoms with Crippen LogP contribution >= 0.6 is 11.3 Å². The molecule has 6 heteroatoms. The van der Waals surface area contributed by atoms with Crippen molar-refractivity contribution in [2.45, 2.75) is 13.0 Å². The first-order valence-electron chi connectivity index (χ1n) is 6.98. The molecule has 1 aromatic carbocycles. The first-order chi connectivity index (χ1) is 11.0. The van der Waals surface area contributed by atoms with Crippen LogP contribution in [-0.4, -0.2) is 18.5 Å². The predicted octanol–water partition coefficient (Wildman–Crippen LogP) is 3.32. The van der Waals surface area contributed by atoms with E-state index in [0.717, 1.165) is 4.88 Å². The second-order valence-corrected chi connectivity index (χ2v) is 5.78. The maximum Gasteiger partial charge on any atom is 0.331 e. The van der Waals surface area contributed by atoms with Crippen LogP contribution in [0.25, 0.3) is 6.08 Å². The lowest BCUT2D eigenvalue weighted by atomic mass is 10.2. The Morgan fingerprint density at radius 1 is 1.30 bits per heavy atom. The van der Waals surface area contributed by atoms with Gasteiger partial charge in [0, 0.05) is 11.0 Å². The standard InChI is InChI=1S/C17H16FNO3S/c1-12(15-3-2-10-23-15)19-16(20)11-22-17(21)9-6-13-4-7-14(18)8-5-13/h2-10,12H,11H2,1H3,(H,19,20)/b9-6+/t12-/m0/s1. The van der Waals surface area contributed by atoms with Crippen LogP contribution in [0.15, 0.2) is 47.9 Å². The molecule has 0 aliphatic carbocycles. The summed E-state index contributed by atoms with van der Waals surface area (Å²) < 4.78 is 17.6. The molecule has 0 aliphatic heterocycles. The largest absolute Gasteiger partial charge is 0.452 e. The third kappa shape index (κ3) is 5.67. The lowest BCUT2D eigenvalue weighted by Crippen LogP contribution is -2.30. The highest BCUT2D eigenvalue weighted by Gasteiger charge is 2.11. The van der Waals surface area contributed by atoms with E-state index in [4.69, 9.17) is 4.74 Å². The van der Waals surface area contributed by atoms with Crippen molar-refractivity contribution < 1.29 is 18.7 Å². The van der Waals surface area contributed by atoms with Crippen molar-refractivity contribution in [1.29, 1.82) is 0 Å². The number of hydrogen-bond acceptors (Lipinski definition) is 4. The van der Waals surface area contributed by atoms with Crippen LogP contribution in [0.5, 0.6) is 0 Å². The summed E-state index contributed by atoms with van der Waals surface area (Å²) in [5, 5.41) is 4.67. The van der Waals surface area contributed by atoms with Gasteiger partial charge in [0.15, 0.2) is 6.61 Å². The molecule has 1 atom stereocenters. The third-order valence-corrected chi connectivity index (χ3v) is 4.03. The molecule has 0 saturated heterocycles. The van der Waals surface area contributed by atoms with Gasteiger partial charge in [-0.25, -0.2) is 9.18 Å². The highest BCUT2D eigenvalue weighted by Crippen LogP contribution is 2.17. The van der Waals surface area contributed by atoms with Crippen molar-refractivity contribution in [3.63, 3.8) is 0 Å². The van der Waals surface area contributed by atoms with Crippen molar-refractivity contribution in [2.75, 3.05) is 6.61 Å². The number of thiophene rings is 1. The number of halogens is 1. The van der Waals surface area contributed by atoms with Gasteiger partial charge in [0.25, 0.3) is 5.91 Å². The van der Waals surface area contributed by atoms with Gasteiger partial charge < -0.3 is 10.1 Å². The Kier molecular flexibility index (Phi) is 6.05. The molecule has 2 rings (SSSR count). The van der Waals surface area contributed by atoms with Crippen molar-refractivity contribution in [3.05, 3.63) is 64.1 Å². The van der Waals surface area contributed by atoms with E-state index in [0.29, 0.717) is 5.56 Å². The second-order valence-electron chi connectivity index (χ2n) is 4.80. The summed E-state index contributed by atoms with van der Waals surface area (Å²) >= 11 is 1.54. The zero-order chi connectivity index (χ0) is 16.7. The molecular weight excluding hydrogens is 317 g/mol. The van der Waals surface area contributed by atoms with E-state index in [1.807, 2.05) is 24.4 Å². The van der Waals surface area contributed by atoms with Crippen molar-refractivity contribution in [3.8, 4) is 0 Å². The summed E-state index contributed by atoms with van der Waals surface area (Å²) in [6, 6.07) is 9.37. The number of hydrogen-bond donors (Lipinski definition) is 1.